The number of nitrogens with one attached hydrogen (secondary N) is 1. The van der Waals surface area contributed by atoms with Crippen LogP contribution in [0.5, 0.6) is 0 Å². The molecule has 1 aliphatic carbocycles. The Bertz CT molecular complexity index is 1010. The number of hydrogen-bond acceptors (Lipinski definition) is 4. The van der Waals surface area contributed by atoms with Gasteiger partial charge in [0.25, 0.3) is 0 Å². The molecule has 2 N–H and O–H groups in total. The van der Waals surface area contributed by atoms with Crippen molar-refractivity contribution in [3.63, 3.8) is 0 Å². The Hall–Kier alpha value is -3.35. The van der Waals surface area contributed by atoms with Gasteiger partial charge in [-0.15, -0.1) is 0 Å². The van der Waals surface area contributed by atoms with Gasteiger partial charge in [-0.05, 0) is 47.4 Å². The Kier molecular flexibility index (Phi) is 7.50. The van der Waals surface area contributed by atoms with E-state index in [0.717, 1.165) is 24.0 Å². The fourth-order valence-electron chi connectivity index (χ4n) is 5.09. The number of piperidine rings is 1. The summed E-state index contributed by atoms with van der Waals surface area (Å²) < 4.78 is 5.58. The largest absolute Gasteiger partial charge is 0.480 e. The van der Waals surface area contributed by atoms with Crippen LogP contribution in [0.4, 0.5) is 4.79 Å². The second-order valence-corrected chi connectivity index (χ2v) is 9.12. The first-order valence-corrected chi connectivity index (χ1v) is 12.1. The molecule has 0 radical (unpaired) electrons. The third-order valence-corrected chi connectivity index (χ3v) is 7.03. The molecule has 1 fully saturated rings. The van der Waals surface area contributed by atoms with Crippen molar-refractivity contribution in [2.75, 3.05) is 19.7 Å². The molecule has 1 heterocycles. The van der Waals surface area contributed by atoms with Gasteiger partial charge < -0.3 is 20.1 Å². The molecule has 0 saturated carbocycles. The molecule has 2 aromatic rings. The molecule has 1 saturated heterocycles. The van der Waals surface area contributed by atoms with Crippen LogP contribution in [-0.2, 0) is 14.3 Å². The number of rotatable bonds is 8. The van der Waals surface area contributed by atoms with Gasteiger partial charge in [0.05, 0.1) is 0 Å². The summed E-state index contributed by atoms with van der Waals surface area (Å²) in [6.07, 6.45) is 2.54. The molecular weight excluding hydrogens is 432 g/mol. The lowest BCUT2D eigenvalue weighted by Crippen LogP contribution is -2.48. The normalized spacial score (nSPS) is 18.0. The maximum absolute atomic E-state index is 12.8. The maximum Gasteiger partial charge on any atom is 0.407 e. The molecule has 180 valence electrons. The van der Waals surface area contributed by atoms with E-state index in [-0.39, 0.29) is 30.8 Å². The first-order valence-electron chi connectivity index (χ1n) is 12.1. The van der Waals surface area contributed by atoms with Crippen molar-refractivity contribution < 1.29 is 24.2 Å². The van der Waals surface area contributed by atoms with E-state index < -0.39 is 18.1 Å². The molecule has 7 heteroatoms. The lowest BCUT2D eigenvalue weighted by molar-refractivity contribution is -0.152. The Morgan fingerprint density at radius 3 is 2.32 bits per heavy atom. The number of aliphatic carboxylic acids is 1. The highest BCUT2D eigenvalue weighted by Gasteiger charge is 2.33. The van der Waals surface area contributed by atoms with Crippen LogP contribution in [0, 0.1) is 5.92 Å². The number of carboxylic acids is 1. The quantitative estimate of drug-likeness (QED) is 0.603. The Labute approximate surface area is 200 Å². The van der Waals surface area contributed by atoms with E-state index in [1.165, 1.54) is 16.0 Å². The minimum Gasteiger partial charge on any atom is -0.480 e. The highest BCUT2D eigenvalue weighted by atomic mass is 16.5. The monoisotopic (exact) mass is 464 g/mol. The summed E-state index contributed by atoms with van der Waals surface area (Å²) in [6, 6.07) is 15.6. The third kappa shape index (κ3) is 5.08. The van der Waals surface area contributed by atoms with Gasteiger partial charge in [0, 0.05) is 25.4 Å². The van der Waals surface area contributed by atoms with E-state index in [0.29, 0.717) is 25.9 Å². The highest BCUT2D eigenvalue weighted by Crippen LogP contribution is 2.44. The van der Waals surface area contributed by atoms with Crippen LogP contribution in [0.15, 0.2) is 48.5 Å². The summed E-state index contributed by atoms with van der Waals surface area (Å²) in [5.41, 5.74) is 4.66. The minimum atomic E-state index is -0.946. The number of benzene rings is 2. The van der Waals surface area contributed by atoms with Crippen LogP contribution in [0.3, 0.4) is 0 Å². The molecule has 7 nitrogen and oxygen atoms in total. The number of carboxylic acid groups (broad SMARTS) is 1. The molecule has 1 unspecified atom stereocenters. The third-order valence-electron chi connectivity index (χ3n) is 7.03. The van der Waals surface area contributed by atoms with Crippen molar-refractivity contribution in [2.45, 2.75) is 51.0 Å². The molecule has 34 heavy (non-hydrogen) atoms. The Balaban J connectivity index is 1.30. The summed E-state index contributed by atoms with van der Waals surface area (Å²) in [7, 11) is 0. The first-order chi connectivity index (χ1) is 16.5. The number of alkyl carbamates (subject to hydrolysis) is 1. The zero-order chi connectivity index (χ0) is 24.1. The lowest BCUT2D eigenvalue weighted by Gasteiger charge is -2.34. The van der Waals surface area contributed by atoms with Crippen LogP contribution in [-0.4, -0.2) is 53.7 Å². The predicted octanol–water partition coefficient (Wildman–Crippen LogP) is 4.41. The molecule has 2 aliphatic rings. The Morgan fingerprint density at radius 1 is 1.06 bits per heavy atom. The summed E-state index contributed by atoms with van der Waals surface area (Å²) in [5, 5.41) is 12.2. The fourth-order valence-corrected chi connectivity index (χ4v) is 5.09. The van der Waals surface area contributed by atoms with Crippen molar-refractivity contribution in [1.29, 1.82) is 0 Å². The lowest BCUT2D eigenvalue weighted by atomic mass is 9.97. The van der Waals surface area contributed by atoms with Gasteiger partial charge in [0.2, 0.25) is 5.91 Å². The van der Waals surface area contributed by atoms with Crippen molar-refractivity contribution in [3.8, 4) is 11.1 Å². The van der Waals surface area contributed by atoms with E-state index in [9.17, 15) is 19.5 Å². The van der Waals surface area contributed by atoms with Crippen LogP contribution in [0.1, 0.15) is 56.1 Å². The van der Waals surface area contributed by atoms with E-state index in [1.807, 2.05) is 31.2 Å². The van der Waals surface area contributed by atoms with E-state index in [4.69, 9.17) is 4.74 Å². The highest BCUT2D eigenvalue weighted by molar-refractivity contribution is 5.84. The number of nitrogens with zero attached hydrogens (tertiary/aromatic N) is 1. The fraction of sp³-hybridized carbons (Fsp3) is 0.444. The van der Waals surface area contributed by atoms with E-state index >= 15 is 0 Å². The van der Waals surface area contributed by atoms with Crippen LogP contribution < -0.4 is 5.32 Å². The van der Waals surface area contributed by atoms with E-state index in [2.05, 4.69) is 29.6 Å². The standard InChI is InChI=1S/C27H32N2O5/c1-2-18(15-25(30)29-14-8-7-13-24(29)26(31)32)16-28-27(33)34-17-23-21-11-5-3-9-19(21)20-10-4-6-12-22(20)23/h3-6,9-12,18,23-24H,2,7-8,13-17H2,1H3,(H,28,33)(H,31,32)/t18?,24-/m0/s1. The molecule has 2 amide bonds. The van der Waals surface area contributed by atoms with Gasteiger partial charge in [-0.1, -0.05) is 61.9 Å². The SMILES string of the molecule is CCC(CNC(=O)OCC1c2ccccc2-c2ccccc21)CC(=O)N1CCCC[C@H]1C(=O)O. The first kappa shape index (κ1) is 23.8. The van der Waals surface area contributed by atoms with Crippen molar-refractivity contribution in [1.82, 2.24) is 10.2 Å². The summed E-state index contributed by atoms with van der Waals surface area (Å²) in [6.45, 7) is 2.99. The zero-order valence-electron chi connectivity index (χ0n) is 19.5. The molecule has 0 spiro atoms. The minimum absolute atomic E-state index is 0.00578. The smallest absolute Gasteiger partial charge is 0.407 e. The van der Waals surface area contributed by atoms with Crippen LogP contribution >= 0.6 is 0 Å². The average Bonchev–Trinajstić information content (AvgIpc) is 3.18. The molecular formula is C27H32N2O5. The van der Waals surface area contributed by atoms with Gasteiger partial charge in [-0.2, -0.15) is 0 Å². The molecule has 4 rings (SSSR count). The van der Waals surface area contributed by atoms with Crippen molar-refractivity contribution in [2.24, 2.45) is 5.92 Å². The number of carbonyl (C=O) groups excluding carboxylic acids is 2. The number of likely N-dealkylation sites (tertiary alicyclic amines) is 1. The molecule has 2 aromatic carbocycles. The summed E-state index contributed by atoms with van der Waals surface area (Å²) in [4.78, 5) is 38.2. The topological polar surface area (TPSA) is 95.9 Å². The van der Waals surface area contributed by atoms with Crippen LogP contribution in [0.2, 0.25) is 0 Å². The second kappa shape index (κ2) is 10.7. The van der Waals surface area contributed by atoms with Gasteiger partial charge in [0.1, 0.15) is 12.6 Å². The number of amides is 2. The van der Waals surface area contributed by atoms with Gasteiger partial charge in [-0.3, -0.25) is 4.79 Å². The number of carbonyl (C=O) groups is 3. The molecule has 0 bridgehead atoms. The number of hydrogen-bond donors (Lipinski definition) is 2. The van der Waals surface area contributed by atoms with Crippen LogP contribution in [0.25, 0.3) is 11.1 Å². The van der Waals surface area contributed by atoms with Gasteiger partial charge in [0.15, 0.2) is 0 Å². The summed E-state index contributed by atoms with van der Waals surface area (Å²) >= 11 is 0. The molecule has 1 aliphatic heterocycles. The molecule has 2 atom stereocenters. The van der Waals surface area contributed by atoms with Gasteiger partial charge in [-0.25, -0.2) is 9.59 Å². The van der Waals surface area contributed by atoms with E-state index in [1.54, 1.807) is 0 Å². The van der Waals surface area contributed by atoms with Crippen molar-refractivity contribution in [3.05, 3.63) is 59.7 Å². The predicted molar refractivity (Wildman–Crippen MR) is 128 cm³/mol. The zero-order valence-corrected chi connectivity index (χ0v) is 19.5. The number of fused-ring (bicyclic) bond motifs is 3. The van der Waals surface area contributed by atoms with Crippen molar-refractivity contribution >= 4 is 18.0 Å². The maximum atomic E-state index is 12.8. The Morgan fingerprint density at radius 2 is 1.71 bits per heavy atom. The molecule has 0 aromatic heterocycles. The number of ether oxygens (including phenoxy) is 1. The van der Waals surface area contributed by atoms with Gasteiger partial charge >= 0.3 is 12.1 Å². The second-order valence-electron chi connectivity index (χ2n) is 9.12. The average molecular weight is 465 g/mol. The summed E-state index contributed by atoms with van der Waals surface area (Å²) in [5.74, 6) is -1.19.